The van der Waals surface area contributed by atoms with Gasteiger partial charge in [-0.3, -0.25) is 4.99 Å². The van der Waals surface area contributed by atoms with Crippen molar-refractivity contribution < 1.29 is 0 Å². The predicted octanol–water partition coefficient (Wildman–Crippen LogP) is 3.51. The van der Waals surface area contributed by atoms with Gasteiger partial charge < -0.3 is 0 Å². The van der Waals surface area contributed by atoms with Gasteiger partial charge in [0.1, 0.15) is 12.7 Å². The van der Waals surface area contributed by atoms with Crippen LogP contribution in [0.2, 0.25) is 0 Å². The van der Waals surface area contributed by atoms with Crippen molar-refractivity contribution in [1.82, 2.24) is 24.5 Å². The molecule has 122 valence electrons. The number of hydrogen-bond donors (Lipinski definition) is 0. The monoisotopic (exact) mass is 328 g/mol. The Kier molecular flexibility index (Phi) is 3.92. The van der Waals surface area contributed by atoms with Gasteiger partial charge in [-0.25, -0.2) is 14.3 Å². The van der Waals surface area contributed by atoms with Crippen molar-refractivity contribution >= 4 is 11.9 Å². The van der Waals surface area contributed by atoms with Crippen molar-refractivity contribution in [3.63, 3.8) is 0 Å². The molecule has 0 spiro atoms. The maximum atomic E-state index is 4.69. The molecule has 6 heteroatoms. The van der Waals surface area contributed by atoms with E-state index in [0.717, 1.165) is 28.5 Å². The van der Waals surface area contributed by atoms with Gasteiger partial charge in [0.05, 0.1) is 22.6 Å². The predicted molar refractivity (Wildman–Crippen MR) is 96.9 cm³/mol. The summed E-state index contributed by atoms with van der Waals surface area (Å²) in [6, 6.07) is 19.8. The standard InChI is InChI=1S/C19H16N6/c1-15-18(12-21-16-8-4-2-5-9-16)19(24-14-20-13-22-24)25(23-15)17-10-6-3-7-11-17/h2-14H,1H3. The van der Waals surface area contributed by atoms with Crippen molar-refractivity contribution in [3.8, 4) is 11.5 Å². The molecule has 0 N–H and O–H groups in total. The summed E-state index contributed by atoms with van der Waals surface area (Å²) in [5.74, 6) is 0.806. The molecule has 4 rings (SSSR count). The number of aromatic nitrogens is 5. The fourth-order valence-electron chi connectivity index (χ4n) is 2.62. The summed E-state index contributed by atoms with van der Waals surface area (Å²) < 4.78 is 3.57. The van der Waals surface area contributed by atoms with E-state index >= 15 is 0 Å². The van der Waals surface area contributed by atoms with Crippen molar-refractivity contribution in [2.24, 2.45) is 4.99 Å². The molecule has 0 atom stereocenters. The highest BCUT2D eigenvalue weighted by Crippen LogP contribution is 2.21. The zero-order chi connectivity index (χ0) is 17.1. The Hall–Kier alpha value is -3.54. The van der Waals surface area contributed by atoms with Gasteiger partial charge in [-0.1, -0.05) is 36.4 Å². The number of aliphatic imine (C=N–C) groups is 1. The van der Waals surface area contributed by atoms with Crippen LogP contribution in [-0.2, 0) is 0 Å². The highest BCUT2D eigenvalue weighted by Gasteiger charge is 2.17. The van der Waals surface area contributed by atoms with Gasteiger partial charge in [-0.05, 0) is 31.2 Å². The van der Waals surface area contributed by atoms with Crippen LogP contribution < -0.4 is 0 Å². The fraction of sp³-hybridized carbons (Fsp3) is 0.0526. The van der Waals surface area contributed by atoms with Crippen molar-refractivity contribution in [2.45, 2.75) is 6.92 Å². The van der Waals surface area contributed by atoms with Gasteiger partial charge in [0.25, 0.3) is 0 Å². The van der Waals surface area contributed by atoms with Crippen LogP contribution in [0, 0.1) is 6.92 Å². The highest BCUT2D eigenvalue weighted by molar-refractivity contribution is 5.87. The summed E-state index contributed by atoms with van der Waals surface area (Å²) in [5, 5.41) is 8.97. The first-order valence-corrected chi connectivity index (χ1v) is 7.92. The summed E-state index contributed by atoms with van der Waals surface area (Å²) in [5.41, 5.74) is 3.61. The van der Waals surface area contributed by atoms with Crippen LogP contribution in [-0.4, -0.2) is 30.8 Å². The third-order valence-electron chi connectivity index (χ3n) is 3.82. The molecule has 0 amide bonds. The summed E-state index contributed by atoms with van der Waals surface area (Å²) in [4.78, 5) is 8.64. The molecule has 0 bridgehead atoms. The summed E-state index contributed by atoms with van der Waals surface area (Å²) >= 11 is 0. The molecule has 0 radical (unpaired) electrons. The minimum Gasteiger partial charge on any atom is -0.256 e. The minimum absolute atomic E-state index is 0.806. The minimum atomic E-state index is 0.806. The molecule has 2 aromatic carbocycles. The van der Waals surface area contributed by atoms with Crippen molar-refractivity contribution in [3.05, 3.63) is 84.6 Å². The Morgan fingerprint density at radius 1 is 0.960 bits per heavy atom. The highest BCUT2D eigenvalue weighted by atomic mass is 15.4. The van der Waals surface area contributed by atoms with Crippen LogP contribution in [0.5, 0.6) is 0 Å². The van der Waals surface area contributed by atoms with Crippen LogP contribution >= 0.6 is 0 Å². The van der Waals surface area contributed by atoms with Crippen molar-refractivity contribution in [2.75, 3.05) is 0 Å². The Morgan fingerprint density at radius 3 is 2.36 bits per heavy atom. The molecule has 4 aromatic rings. The first-order chi connectivity index (χ1) is 12.3. The third-order valence-corrected chi connectivity index (χ3v) is 3.82. The van der Waals surface area contributed by atoms with E-state index < -0.39 is 0 Å². The Bertz CT molecular complexity index is 985. The second-order valence-corrected chi connectivity index (χ2v) is 5.50. The molecule has 0 saturated carbocycles. The molecular weight excluding hydrogens is 312 g/mol. The quantitative estimate of drug-likeness (QED) is 0.539. The molecule has 0 fully saturated rings. The van der Waals surface area contributed by atoms with Gasteiger partial charge in [-0.15, -0.1) is 0 Å². The van der Waals surface area contributed by atoms with Gasteiger partial charge in [0.2, 0.25) is 0 Å². The van der Waals surface area contributed by atoms with E-state index in [2.05, 4.69) is 20.2 Å². The lowest BCUT2D eigenvalue weighted by Crippen LogP contribution is -2.07. The summed E-state index contributed by atoms with van der Waals surface area (Å²) in [6.45, 7) is 1.96. The molecule has 2 aromatic heterocycles. The van der Waals surface area contributed by atoms with E-state index in [1.807, 2.05) is 78.5 Å². The number of nitrogens with zero attached hydrogens (tertiary/aromatic N) is 6. The van der Waals surface area contributed by atoms with E-state index in [1.165, 1.54) is 6.33 Å². The molecule has 25 heavy (non-hydrogen) atoms. The zero-order valence-electron chi connectivity index (χ0n) is 13.7. The summed E-state index contributed by atoms with van der Waals surface area (Å²) in [6.07, 6.45) is 5.00. The normalized spacial score (nSPS) is 11.2. The van der Waals surface area contributed by atoms with Gasteiger partial charge in [-0.2, -0.15) is 10.2 Å². The largest absolute Gasteiger partial charge is 0.256 e. The molecular formula is C19H16N6. The number of rotatable bonds is 4. The smallest absolute Gasteiger partial charge is 0.168 e. The van der Waals surface area contributed by atoms with Crippen LogP contribution in [0.25, 0.3) is 11.5 Å². The maximum Gasteiger partial charge on any atom is 0.168 e. The van der Waals surface area contributed by atoms with Gasteiger partial charge in [0, 0.05) is 6.21 Å². The van der Waals surface area contributed by atoms with E-state index in [4.69, 9.17) is 0 Å². The lowest BCUT2D eigenvalue weighted by atomic mass is 10.2. The van der Waals surface area contributed by atoms with Crippen LogP contribution in [0.1, 0.15) is 11.3 Å². The maximum absolute atomic E-state index is 4.69. The molecule has 0 saturated heterocycles. The molecule has 0 aliphatic heterocycles. The SMILES string of the molecule is Cc1nn(-c2ccccc2)c(-n2cncn2)c1C=Nc1ccccc1. The molecule has 2 heterocycles. The van der Waals surface area contributed by atoms with Gasteiger partial charge in [0.15, 0.2) is 5.82 Å². The Labute approximate surface area is 145 Å². The number of benzene rings is 2. The van der Waals surface area contributed by atoms with Crippen LogP contribution in [0.15, 0.2) is 78.3 Å². The molecule has 6 nitrogen and oxygen atoms in total. The van der Waals surface area contributed by atoms with E-state index in [0.29, 0.717) is 0 Å². The lowest BCUT2D eigenvalue weighted by Gasteiger charge is -2.07. The topological polar surface area (TPSA) is 60.9 Å². The van der Waals surface area contributed by atoms with Crippen LogP contribution in [0.3, 0.4) is 0 Å². The number of para-hydroxylation sites is 2. The number of aryl methyl sites for hydroxylation is 1. The van der Waals surface area contributed by atoms with Gasteiger partial charge >= 0.3 is 0 Å². The Morgan fingerprint density at radius 2 is 1.68 bits per heavy atom. The first kappa shape index (κ1) is 15.0. The van der Waals surface area contributed by atoms with Crippen molar-refractivity contribution in [1.29, 1.82) is 0 Å². The molecule has 0 aliphatic carbocycles. The average Bonchev–Trinajstić information content (AvgIpc) is 3.29. The second kappa shape index (κ2) is 6.52. The lowest BCUT2D eigenvalue weighted by molar-refractivity contribution is 0.760. The Balaban J connectivity index is 1.87. The second-order valence-electron chi connectivity index (χ2n) is 5.50. The van der Waals surface area contributed by atoms with Crippen LogP contribution in [0.4, 0.5) is 5.69 Å². The average molecular weight is 328 g/mol. The molecule has 0 aliphatic rings. The van der Waals surface area contributed by atoms with E-state index in [1.54, 1.807) is 11.0 Å². The van der Waals surface area contributed by atoms with E-state index in [9.17, 15) is 0 Å². The summed E-state index contributed by atoms with van der Waals surface area (Å²) in [7, 11) is 0. The first-order valence-electron chi connectivity index (χ1n) is 7.92. The third kappa shape index (κ3) is 2.97. The number of hydrogen-bond acceptors (Lipinski definition) is 4. The zero-order valence-corrected chi connectivity index (χ0v) is 13.7. The molecule has 0 unspecified atom stereocenters. The fourth-order valence-corrected chi connectivity index (χ4v) is 2.62. The van der Waals surface area contributed by atoms with E-state index in [-0.39, 0.29) is 0 Å².